The lowest BCUT2D eigenvalue weighted by molar-refractivity contribution is -0.144. The number of halogens is 3. The lowest BCUT2D eigenvalue weighted by atomic mass is 9.85. The maximum Gasteiger partial charge on any atom is 0.410 e. The van der Waals surface area contributed by atoms with E-state index in [1.54, 1.807) is 49.6 Å². The van der Waals surface area contributed by atoms with Crippen molar-refractivity contribution in [1.29, 1.82) is 0 Å². The van der Waals surface area contributed by atoms with Gasteiger partial charge in [0.1, 0.15) is 35.0 Å². The minimum absolute atomic E-state index is 0.0207. The number of aromatic hydroxyl groups is 1. The molecule has 4 heterocycles. The number of benzene rings is 3. The number of rotatable bonds is 24. The molecule has 2 saturated heterocycles. The molecule has 5 aromatic rings. The standard InChI is InChI=1S/C59H78ClF2N9O11S/c1-34(36-13-15-38(16-14-36)52-35(2)64-33-83-52)65-54(76)43-29-39(72)31-71(43)55(77)53(58(3,4)5)66-45(74)32-81-28-27-80-26-25-79-24-23-69(9)46(75)17-20-63-56-67-50(37-18-21-70(22-19-37)57(78)82-59(6,7)8)40-30-41(60)47(49(62)51(40)68-56)48-42(61)11-10-12-44(48)73/h10-16,30,33-34,37,39,43,45,53,66,72-74H,17-29,31-32H2,1-9H3,(H,65,76)(H,63,67,68)/t34-,39+,43-,45?,53+/m0/s1. The summed E-state index contributed by atoms with van der Waals surface area (Å²) in [6.07, 6.45) is -1.55. The van der Waals surface area contributed by atoms with Crippen LogP contribution in [0.1, 0.15) is 103 Å². The van der Waals surface area contributed by atoms with Gasteiger partial charge in [0.15, 0.2) is 5.82 Å². The van der Waals surface area contributed by atoms with Gasteiger partial charge in [0.25, 0.3) is 0 Å². The number of nitrogens with zero attached hydrogens (tertiary/aromatic N) is 6. The summed E-state index contributed by atoms with van der Waals surface area (Å²) in [5.74, 6) is -3.61. The zero-order chi connectivity index (χ0) is 60.3. The van der Waals surface area contributed by atoms with Crippen LogP contribution in [-0.4, -0.2) is 178 Å². The van der Waals surface area contributed by atoms with Crippen molar-refractivity contribution < 1.29 is 62.2 Å². The number of carbonyl (C=O) groups excluding carboxylic acids is 4. The van der Waals surface area contributed by atoms with Gasteiger partial charge in [-0.05, 0) is 82.2 Å². The number of piperidine rings is 1. The summed E-state index contributed by atoms with van der Waals surface area (Å²) in [5.41, 5.74) is 2.82. The number of β-amino-alcohol motifs (C(OH)–C–C–N with tert-alkyl or cyclic N) is 1. The monoisotopic (exact) mass is 1190 g/mol. The van der Waals surface area contributed by atoms with Gasteiger partial charge in [0.05, 0.1) is 90.2 Å². The molecular weight excluding hydrogens is 1120 g/mol. The molecule has 0 radical (unpaired) electrons. The van der Waals surface area contributed by atoms with Crippen LogP contribution < -0.4 is 16.0 Å². The van der Waals surface area contributed by atoms with Crippen molar-refractivity contribution in [2.45, 2.75) is 123 Å². The van der Waals surface area contributed by atoms with E-state index in [1.807, 2.05) is 58.9 Å². The van der Waals surface area contributed by atoms with Gasteiger partial charge in [-0.2, -0.15) is 0 Å². The number of nitrogens with one attached hydrogen (secondary N) is 3. The van der Waals surface area contributed by atoms with Gasteiger partial charge in [-0.3, -0.25) is 19.7 Å². The van der Waals surface area contributed by atoms with E-state index in [1.165, 1.54) is 28.0 Å². The second kappa shape index (κ2) is 28.6. The summed E-state index contributed by atoms with van der Waals surface area (Å²) in [6, 6.07) is 10.7. The zero-order valence-electron chi connectivity index (χ0n) is 48.6. The van der Waals surface area contributed by atoms with Crippen molar-refractivity contribution in [2.24, 2.45) is 5.41 Å². The molecule has 2 aromatic heterocycles. The first-order valence-corrected chi connectivity index (χ1v) is 29.2. The number of likely N-dealkylation sites (N-methyl/N-ethyl adjacent to an activating group) is 1. The molecule has 20 nitrogen and oxygen atoms in total. The fraction of sp³-hybridized carbons (Fsp3) is 0.542. The second-order valence-corrected chi connectivity index (χ2v) is 24.3. The van der Waals surface area contributed by atoms with E-state index in [2.05, 4.69) is 25.9 Å². The number of hydrogen-bond acceptors (Lipinski definition) is 17. The third-order valence-electron chi connectivity index (χ3n) is 14.4. The second-order valence-electron chi connectivity index (χ2n) is 23.0. The Morgan fingerprint density at radius 3 is 2.25 bits per heavy atom. The molecule has 1 unspecified atom stereocenters. The van der Waals surface area contributed by atoms with Crippen LogP contribution in [0.15, 0.2) is 54.0 Å². The van der Waals surface area contributed by atoms with Crippen LogP contribution in [0.25, 0.3) is 32.5 Å². The lowest BCUT2D eigenvalue weighted by Gasteiger charge is -2.36. The molecule has 0 bridgehead atoms. The number of anilines is 1. The van der Waals surface area contributed by atoms with Gasteiger partial charge in [0, 0.05) is 69.5 Å². The number of aliphatic hydroxyl groups is 2. The first-order chi connectivity index (χ1) is 39.3. The van der Waals surface area contributed by atoms with E-state index in [0.29, 0.717) is 37.0 Å². The van der Waals surface area contributed by atoms with Crippen molar-refractivity contribution in [3.8, 4) is 27.3 Å². The van der Waals surface area contributed by atoms with E-state index < -0.39 is 70.4 Å². The number of amides is 4. The minimum atomic E-state index is -1.24. The number of aliphatic hydroxyl groups excluding tert-OH is 2. The highest BCUT2D eigenvalue weighted by Gasteiger charge is 2.45. The molecule has 0 spiro atoms. The summed E-state index contributed by atoms with van der Waals surface area (Å²) >= 11 is 8.20. The molecule has 4 amide bonds. The molecule has 7 rings (SSSR count). The van der Waals surface area contributed by atoms with Crippen molar-refractivity contribution in [2.75, 3.05) is 84.7 Å². The normalized spacial score (nSPS) is 17.1. The molecule has 5 atom stereocenters. The summed E-state index contributed by atoms with van der Waals surface area (Å²) in [6.45, 7) is 16.6. The number of fused-ring (bicyclic) bond motifs is 1. The molecule has 2 fully saturated rings. The summed E-state index contributed by atoms with van der Waals surface area (Å²) in [4.78, 5) is 73.0. The van der Waals surface area contributed by atoms with Crippen LogP contribution >= 0.6 is 22.9 Å². The fourth-order valence-corrected chi connectivity index (χ4v) is 11.1. The van der Waals surface area contributed by atoms with Gasteiger partial charge in [-0.25, -0.2) is 28.5 Å². The molecule has 2 aliphatic rings. The minimum Gasteiger partial charge on any atom is -0.507 e. The van der Waals surface area contributed by atoms with Crippen molar-refractivity contribution in [3.63, 3.8) is 0 Å². The van der Waals surface area contributed by atoms with Crippen LogP contribution in [0.5, 0.6) is 5.75 Å². The van der Waals surface area contributed by atoms with Crippen molar-refractivity contribution >= 4 is 63.6 Å². The topological polar surface area (TPSA) is 250 Å². The Kier molecular flexibility index (Phi) is 22.2. The third-order valence-corrected chi connectivity index (χ3v) is 15.7. The maximum absolute atomic E-state index is 16.6. The number of aryl methyl sites for hydroxylation is 1. The Morgan fingerprint density at radius 2 is 1.61 bits per heavy atom. The molecule has 452 valence electrons. The predicted molar refractivity (Wildman–Crippen MR) is 312 cm³/mol. The average Bonchev–Trinajstić information content (AvgIpc) is 2.55. The Morgan fingerprint density at radius 1 is 0.940 bits per heavy atom. The quantitative estimate of drug-likeness (QED) is 0.0253. The van der Waals surface area contributed by atoms with Crippen LogP contribution in [0.4, 0.5) is 19.5 Å². The van der Waals surface area contributed by atoms with E-state index in [9.17, 15) is 34.5 Å². The number of aromatic nitrogens is 3. The number of hydrogen-bond donors (Lipinski definition) is 6. The molecular formula is C59H78ClF2N9O11S. The molecule has 24 heteroatoms. The number of thiazole rings is 1. The zero-order valence-corrected chi connectivity index (χ0v) is 50.2. The van der Waals surface area contributed by atoms with E-state index in [4.69, 9.17) is 35.5 Å². The molecule has 3 aromatic carbocycles. The van der Waals surface area contributed by atoms with Gasteiger partial charge in [-0.15, -0.1) is 11.3 Å². The average molecular weight is 1190 g/mol. The van der Waals surface area contributed by atoms with Crippen LogP contribution in [0.3, 0.4) is 0 Å². The third kappa shape index (κ3) is 17.0. The van der Waals surface area contributed by atoms with Crippen LogP contribution in [0, 0.1) is 24.0 Å². The highest BCUT2D eigenvalue weighted by atomic mass is 35.5. The van der Waals surface area contributed by atoms with Gasteiger partial charge in [0.2, 0.25) is 23.7 Å². The molecule has 0 saturated carbocycles. The number of ether oxygens (including phenoxy) is 4. The summed E-state index contributed by atoms with van der Waals surface area (Å²) in [5, 5.41) is 41.4. The fourth-order valence-electron chi connectivity index (χ4n) is 9.99. The van der Waals surface area contributed by atoms with E-state index in [0.717, 1.165) is 27.8 Å². The first kappa shape index (κ1) is 64.4. The molecule has 2 aliphatic heterocycles. The summed E-state index contributed by atoms with van der Waals surface area (Å²) in [7, 11) is 1.64. The van der Waals surface area contributed by atoms with Gasteiger partial charge in [-0.1, -0.05) is 62.7 Å². The van der Waals surface area contributed by atoms with Crippen molar-refractivity contribution in [3.05, 3.63) is 87.6 Å². The van der Waals surface area contributed by atoms with E-state index >= 15 is 8.78 Å². The maximum atomic E-state index is 16.6. The first-order valence-electron chi connectivity index (χ1n) is 27.9. The molecule has 6 N–H and O–H groups in total. The van der Waals surface area contributed by atoms with E-state index in [-0.39, 0.29) is 118 Å². The molecule has 0 aliphatic carbocycles. The number of phenolic OH excluding ortho intramolecular Hbond substituents is 1. The predicted octanol–water partition coefficient (Wildman–Crippen LogP) is 7.95. The Bertz CT molecular complexity index is 3030. The smallest absolute Gasteiger partial charge is 0.410 e. The largest absolute Gasteiger partial charge is 0.507 e. The van der Waals surface area contributed by atoms with Crippen molar-refractivity contribution in [1.82, 2.24) is 40.3 Å². The number of likely N-dealkylation sites (tertiary alicyclic amines) is 2. The number of phenols is 1. The highest BCUT2D eigenvalue weighted by Crippen LogP contribution is 2.43. The van der Waals surface area contributed by atoms with Gasteiger partial charge >= 0.3 is 6.09 Å². The lowest BCUT2D eigenvalue weighted by Crippen LogP contribution is -2.59. The Labute approximate surface area is 492 Å². The highest BCUT2D eigenvalue weighted by molar-refractivity contribution is 7.13. The SMILES string of the molecule is Cc1ncsc1-c1ccc([C@H](C)NC(=O)[C@@H]2C[C@@H](O)CN2C(=O)[C@@H](NC(O)COCCOCCOCCN(C)C(=O)CCNc2nc(C3CCN(C(=O)OC(C)(C)C)CC3)c3cc(Cl)c(-c4c(O)cccc4F)c(F)c3n2)C(C)(C)C)cc1. The number of carbonyl (C=O) groups is 4. The molecule has 83 heavy (non-hydrogen) atoms. The van der Waals surface area contributed by atoms with Crippen LogP contribution in [0.2, 0.25) is 5.02 Å². The Hall–Kier alpha value is -6.18. The van der Waals surface area contributed by atoms with Crippen LogP contribution in [-0.2, 0) is 33.3 Å². The summed E-state index contributed by atoms with van der Waals surface area (Å²) < 4.78 is 54.3. The van der Waals surface area contributed by atoms with Gasteiger partial charge < -0.3 is 59.6 Å². The Balaban J connectivity index is 0.819.